The smallest absolute Gasteiger partial charge is 0.257 e. The van der Waals surface area contributed by atoms with Crippen molar-refractivity contribution in [3.05, 3.63) is 99.8 Å². The van der Waals surface area contributed by atoms with E-state index in [1.165, 1.54) is 0 Å². The molecule has 1 aliphatic rings. The summed E-state index contributed by atoms with van der Waals surface area (Å²) in [6.07, 6.45) is 1.62. The first kappa shape index (κ1) is 21.2. The Morgan fingerprint density at radius 3 is 2.58 bits per heavy atom. The van der Waals surface area contributed by atoms with Crippen LogP contribution in [-0.2, 0) is 4.79 Å². The van der Waals surface area contributed by atoms with E-state index in [4.69, 9.17) is 28.3 Å². The fourth-order valence-corrected chi connectivity index (χ4v) is 4.30. The zero-order chi connectivity index (χ0) is 22.9. The largest absolute Gasteiger partial charge is 0.328 e. The third-order valence-electron chi connectivity index (χ3n) is 5.29. The first-order valence-corrected chi connectivity index (χ1v) is 10.9. The Labute approximate surface area is 200 Å². The number of halogens is 2. The molecule has 0 spiro atoms. The number of benzene rings is 2. The molecule has 2 aromatic heterocycles. The lowest BCUT2D eigenvalue weighted by Crippen LogP contribution is -2.31. The fraction of sp³-hybridized carbons (Fsp3) is 0.0833. The van der Waals surface area contributed by atoms with E-state index in [1.54, 1.807) is 47.3 Å². The Morgan fingerprint density at radius 2 is 1.85 bits per heavy atom. The predicted octanol–water partition coefficient (Wildman–Crippen LogP) is 5.57. The Hall–Kier alpha value is -3.68. The maximum absolute atomic E-state index is 13.4. The predicted molar refractivity (Wildman–Crippen MR) is 129 cm³/mol. The lowest BCUT2D eigenvalue weighted by Gasteiger charge is -2.29. The van der Waals surface area contributed by atoms with Crippen molar-refractivity contribution in [3.8, 4) is 11.4 Å². The van der Waals surface area contributed by atoms with E-state index in [1.807, 2.05) is 37.3 Å². The van der Waals surface area contributed by atoms with Crippen LogP contribution in [-0.4, -0.2) is 25.7 Å². The maximum atomic E-state index is 13.4. The van der Waals surface area contributed by atoms with Gasteiger partial charge in [-0.2, -0.15) is 4.98 Å². The van der Waals surface area contributed by atoms with Crippen molar-refractivity contribution in [2.75, 3.05) is 10.6 Å². The van der Waals surface area contributed by atoms with Gasteiger partial charge in [0.25, 0.3) is 5.91 Å². The highest BCUT2D eigenvalue weighted by molar-refractivity contribution is 6.35. The van der Waals surface area contributed by atoms with E-state index in [2.05, 4.69) is 20.6 Å². The summed E-state index contributed by atoms with van der Waals surface area (Å²) in [6, 6.07) is 19.5. The number of anilines is 2. The van der Waals surface area contributed by atoms with Crippen molar-refractivity contribution in [1.82, 2.24) is 19.7 Å². The van der Waals surface area contributed by atoms with Crippen LogP contribution in [0.1, 0.15) is 18.5 Å². The molecule has 3 heterocycles. The second-order valence-corrected chi connectivity index (χ2v) is 8.31. The number of pyridine rings is 1. The molecule has 1 aliphatic heterocycles. The number of nitrogens with zero attached hydrogens (tertiary/aromatic N) is 4. The maximum Gasteiger partial charge on any atom is 0.257 e. The summed E-state index contributed by atoms with van der Waals surface area (Å²) in [5.41, 5.74) is 2.62. The number of allylic oxidation sites excluding steroid dienone is 1. The van der Waals surface area contributed by atoms with Gasteiger partial charge in [-0.3, -0.25) is 4.79 Å². The molecule has 9 heteroatoms. The third-order valence-corrected chi connectivity index (χ3v) is 5.86. The molecule has 0 fully saturated rings. The normalized spacial score (nSPS) is 15.1. The lowest BCUT2D eigenvalue weighted by atomic mass is 9.95. The molecule has 0 radical (unpaired) electrons. The molecule has 164 valence electrons. The van der Waals surface area contributed by atoms with E-state index in [-0.39, 0.29) is 5.91 Å². The molecule has 1 amide bonds. The van der Waals surface area contributed by atoms with Gasteiger partial charge in [-0.25, -0.2) is 9.67 Å². The van der Waals surface area contributed by atoms with Gasteiger partial charge >= 0.3 is 0 Å². The molecule has 33 heavy (non-hydrogen) atoms. The third kappa shape index (κ3) is 4.08. The van der Waals surface area contributed by atoms with Crippen molar-refractivity contribution in [3.63, 3.8) is 0 Å². The molecule has 0 unspecified atom stereocenters. The molecule has 5 rings (SSSR count). The van der Waals surface area contributed by atoms with Gasteiger partial charge in [0, 0.05) is 33.1 Å². The van der Waals surface area contributed by atoms with E-state index in [9.17, 15) is 4.79 Å². The molecule has 2 N–H and O–H groups in total. The van der Waals surface area contributed by atoms with Crippen LogP contribution in [0.4, 0.5) is 11.8 Å². The second-order valence-electron chi connectivity index (χ2n) is 7.47. The fourth-order valence-electron chi connectivity index (χ4n) is 3.79. The quantitative estimate of drug-likeness (QED) is 0.401. The zero-order valence-electron chi connectivity index (χ0n) is 17.5. The number of rotatable bonds is 4. The first-order valence-electron chi connectivity index (χ1n) is 10.2. The number of amides is 1. The monoisotopic (exact) mass is 476 g/mol. The number of hydrogen-bond donors (Lipinski definition) is 2. The van der Waals surface area contributed by atoms with E-state index >= 15 is 0 Å². The Morgan fingerprint density at radius 1 is 1.06 bits per heavy atom. The number of hydrogen-bond acceptors (Lipinski definition) is 5. The van der Waals surface area contributed by atoms with Crippen LogP contribution in [0.25, 0.3) is 11.4 Å². The van der Waals surface area contributed by atoms with Gasteiger partial charge in [0.15, 0.2) is 5.82 Å². The van der Waals surface area contributed by atoms with E-state index in [0.29, 0.717) is 44.5 Å². The van der Waals surface area contributed by atoms with Crippen molar-refractivity contribution in [2.24, 2.45) is 0 Å². The van der Waals surface area contributed by atoms with Gasteiger partial charge < -0.3 is 10.6 Å². The van der Waals surface area contributed by atoms with E-state index < -0.39 is 6.04 Å². The van der Waals surface area contributed by atoms with Crippen LogP contribution in [0.5, 0.6) is 0 Å². The summed E-state index contributed by atoms with van der Waals surface area (Å²) in [5.74, 6) is 1.17. The summed E-state index contributed by atoms with van der Waals surface area (Å²) >= 11 is 12.7. The van der Waals surface area contributed by atoms with Crippen molar-refractivity contribution in [2.45, 2.75) is 13.0 Å². The summed E-state index contributed by atoms with van der Waals surface area (Å²) in [6.45, 7) is 1.82. The number of carbonyl (C=O) groups is 1. The Kier molecular flexibility index (Phi) is 5.58. The van der Waals surface area contributed by atoms with Crippen molar-refractivity contribution in [1.29, 1.82) is 0 Å². The average molecular weight is 477 g/mol. The zero-order valence-corrected chi connectivity index (χ0v) is 19.0. The van der Waals surface area contributed by atoms with Crippen molar-refractivity contribution < 1.29 is 4.79 Å². The number of carbonyl (C=O) groups excluding carboxylic acids is 1. The SMILES string of the molecule is CC1=C(C(=O)Nc2ccccn2)[C@@H](c2ccc(Cl)cc2Cl)n2nc(-c3ccccc3)nc2N1. The van der Waals surface area contributed by atoms with Crippen molar-refractivity contribution >= 4 is 40.9 Å². The number of nitrogens with one attached hydrogen (secondary N) is 2. The minimum absolute atomic E-state index is 0.322. The minimum atomic E-state index is -0.625. The van der Waals surface area contributed by atoms with Crippen LogP contribution < -0.4 is 10.6 Å². The first-order chi connectivity index (χ1) is 16.0. The van der Waals surface area contributed by atoms with Gasteiger partial charge in [-0.05, 0) is 31.2 Å². The number of fused-ring (bicyclic) bond motifs is 1. The highest BCUT2D eigenvalue weighted by Gasteiger charge is 2.35. The highest BCUT2D eigenvalue weighted by Crippen LogP contribution is 2.40. The van der Waals surface area contributed by atoms with Crippen LogP contribution in [0.3, 0.4) is 0 Å². The standard InChI is InChI=1S/C24H18Cl2N6O/c1-14-20(23(33)29-19-9-5-6-12-27-19)21(17-11-10-16(25)13-18(17)26)32-24(28-14)30-22(31-32)15-7-3-2-4-8-15/h2-13,21H,1H3,(H,27,29,33)(H,28,30,31)/t21-/m1/s1. The average Bonchev–Trinajstić information content (AvgIpc) is 3.23. The molecule has 4 aromatic rings. The summed E-state index contributed by atoms with van der Waals surface area (Å²) < 4.78 is 1.68. The Balaban J connectivity index is 1.64. The van der Waals surface area contributed by atoms with Crippen LogP contribution in [0, 0.1) is 0 Å². The molecule has 0 bridgehead atoms. The number of aromatic nitrogens is 4. The summed E-state index contributed by atoms with van der Waals surface area (Å²) in [5, 5.41) is 11.7. The highest BCUT2D eigenvalue weighted by atomic mass is 35.5. The van der Waals surface area contributed by atoms with Gasteiger partial charge in [0.2, 0.25) is 5.95 Å². The van der Waals surface area contributed by atoms with Crippen LogP contribution in [0.15, 0.2) is 84.2 Å². The molecular formula is C24H18Cl2N6O. The molecule has 7 nitrogen and oxygen atoms in total. The second kappa shape index (κ2) is 8.69. The molecular weight excluding hydrogens is 459 g/mol. The van der Waals surface area contributed by atoms with Gasteiger partial charge in [0.05, 0.1) is 5.57 Å². The van der Waals surface area contributed by atoms with Gasteiger partial charge in [-0.15, -0.1) is 5.10 Å². The minimum Gasteiger partial charge on any atom is -0.328 e. The lowest BCUT2D eigenvalue weighted by molar-refractivity contribution is -0.113. The van der Waals surface area contributed by atoms with E-state index in [0.717, 1.165) is 5.56 Å². The Bertz CT molecular complexity index is 1370. The summed E-state index contributed by atoms with van der Waals surface area (Å²) in [4.78, 5) is 22.3. The molecule has 2 aromatic carbocycles. The van der Waals surface area contributed by atoms with Crippen LogP contribution in [0.2, 0.25) is 10.0 Å². The van der Waals surface area contributed by atoms with Gasteiger partial charge in [0.1, 0.15) is 11.9 Å². The summed E-state index contributed by atoms with van der Waals surface area (Å²) in [7, 11) is 0. The molecule has 1 atom stereocenters. The topological polar surface area (TPSA) is 84.7 Å². The molecule has 0 saturated carbocycles. The molecule has 0 saturated heterocycles. The van der Waals surface area contributed by atoms with Gasteiger partial charge in [-0.1, -0.05) is 65.7 Å². The van der Waals surface area contributed by atoms with Crippen LogP contribution >= 0.6 is 23.2 Å². The molecule has 0 aliphatic carbocycles.